The third-order valence-corrected chi connectivity index (χ3v) is 5.39. The molecule has 3 aromatic rings. The molecule has 0 unspecified atom stereocenters. The fourth-order valence-electron chi connectivity index (χ4n) is 3.59. The van der Waals surface area contributed by atoms with Crippen LogP contribution in [0, 0.1) is 0 Å². The fraction of sp³-hybridized carbons (Fsp3) is 0.348. The van der Waals surface area contributed by atoms with Gasteiger partial charge in [-0.25, -0.2) is 0 Å². The van der Waals surface area contributed by atoms with Crippen LogP contribution in [0.5, 0.6) is 11.5 Å². The van der Waals surface area contributed by atoms with Gasteiger partial charge in [-0.15, -0.1) is 10.2 Å². The minimum atomic E-state index is -0.0127. The van der Waals surface area contributed by atoms with E-state index in [-0.39, 0.29) is 5.91 Å². The summed E-state index contributed by atoms with van der Waals surface area (Å²) >= 11 is 0. The van der Waals surface area contributed by atoms with Crippen molar-refractivity contribution in [1.82, 2.24) is 20.0 Å². The molecule has 0 radical (unpaired) electrons. The van der Waals surface area contributed by atoms with Crippen molar-refractivity contribution in [2.45, 2.75) is 6.42 Å². The zero-order valence-corrected chi connectivity index (χ0v) is 17.8. The first-order valence-electron chi connectivity index (χ1n) is 10.3. The number of methoxy groups -OCH3 is 2. The monoisotopic (exact) mass is 422 g/mol. The number of aromatic nitrogens is 2. The maximum atomic E-state index is 12.9. The summed E-state index contributed by atoms with van der Waals surface area (Å²) in [5, 5.41) is 8.30. The second-order valence-corrected chi connectivity index (χ2v) is 7.35. The molecule has 31 heavy (non-hydrogen) atoms. The lowest BCUT2D eigenvalue weighted by molar-refractivity contribution is 0.0635. The topological polar surface area (TPSA) is 80.9 Å². The Morgan fingerprint density at radius 2 is 1.65 bits per heavy atom. The fourth-order valence-corrected chi connectivity index (χ4v) is 3.59. The van der Waals surface area contributed by atoms with E-state index in [1.54, 1.807) is 32.4 Å². The molecule has 0 aliphatic carbocycles. The van der Waals surface area contributed by atoms with Crippen LogP contribution in [0.4, 0.5) is 0 Å². The molecule has 8 nitrogen and oxygen atoms in total. The number of carbonyl (C=O) groups is 1. The van der Waals surface area contributed by atoms with Crippen LogP contribution in [-0.2, 0) is 6.42 Å². The third kappa shape index (κ3) is 5.03. The minimum absolute atomic E-state index is 0.0127. The van der Waals surface area contributed by atoms with Gasteiger partial charge in [0.1, 0.15) is 11.5 Å². The van der Waals surface area contributed by atoms with Crippen LogP contribution in [0.25, 0.3) is 11.5 Å². The summed E-state index contributed by atoms with van der Waals surface area (Å²) in [5.74, 6) is 2.37. The van der Waals surface area contributed by atoms with Crippen molar-refractivity contribution in [3.8, 4) is 23.0 Å². The molecular weight excluding hydrogens is 396 g/mol. The van der Waals surface area contributed by atoms with E-state index < -0.39 is 0 Å². The van der Waals surface area contributed by atoms with Gasteiger partial charge in [0.2, 0.25) is 11.8 Å². The summed E-state index contributed by atoms with van der Waals surface area (Å²) < 4.78 is 16.3. The number of hydrogen-bond donors (Lipinski definition) is 0. The van der Waals surface area contributed by atoms with E-state index in [0.717, 1.165) is 25.2 Å². The van der Waals surface area contributed by atoms with Gasteiger partial charge in [0.25, 0.3) is 5.91 Å². The highest BCUT2D eigenvalue weighted by molar-refractivity contribution is 5.95. The number of ether oxygens (including phenoxy) is 2. The lowest BCUT2D eigenvalue weighted by Crippen LogP contribution is -2.49. The summed E-state index contributed by atoms with van der Waals surface area (Å²) in [6, 6.07) is 15.0. The number of benzene rings is 2. The molecule has 0 spiro atoms. The molecule has 4 rings (SSSR count). The quantitative estimate of drug-likeness (QED) is 0.579. The lowest BCUT2D eigenvalue weighted by atomic mass is 10.1. The standard InChI is InChI=1S/C23H26N4O4/c1-29-19-14-18(15-20(16-19)30-2)23(28)27-12-10-26(11-13-27)9-8-21-24-25-22(31-21)17-6-4-3-5-7-17/h3-7,14-16H,8-13H2,1-2H3. The summed E-state index contributed by atoms with van der Waals surface area (Å²) in [4.78, 5) is 17.1. The maximum absolute atomic E-state index is 12.9. The average molecular weight is 422 g/mol. The molecule has 0 N–H and O–H groups in total. The van der Waals surface area contributed by atoms with E-state index >= 15 is 0 Å². The molecule has 1 aliphatic heterocycles. The van der Waals surface area contributed by atoms with E-state index in [9.17, 15) is 4.79 Å². The first kappa shape index (κ1) is 20.9. The number of amides is 1. The molecule has 0 bridgehead atoms. The number of rotatable bonds is 7. The smallest absolute Gasteiger partial charge is 0.254 e. The Morgan fingerprint density at radius 3 is 2.29 bits per heavy atom. The van der Waals surface area contributed by atoms with Crippen LogP contribution in [0.3, 0.4) is 0 Å². The van der Waals surface area contributed by atoms with Crippen LogP contribution in [-0.4, -0.2) is 72.8 Å². The van der Waals surface area contributed by atoms with Gasteiger partial charge < -0.3 is 18.8 Å². The maximum Gasteiger partial charge on any atom is 0.254 e. The first-order chi connectivity index (χ1) is 15.2. The Balaban J connectivity index is 1.29. The molecular formula is C23H26N4O4. The number of carbonyl (C=O) groups excluding carboxylic acids is 1. The van der Waals surface area contributed by atoms with Gasteiger partial charge in [0.15, 0.2) is 0 Å². The molecule has 0 saturated carbocycles. The lowest BCUT2D eigenvalue weighted by Gasteiger charge is -2.34. The minimum Gasteiger partial charge on any atom is -0.497 e. The van der Waals surface area contributed by atoms with Gasteiger partial charge >= 0.3 is 0 Å². The largest absolute Gasteiger partial charge is 0.497 e. The molecule has 1 aliphatic rings. The van der Waals surface area contributed by atoms with Gasteiger partial charge in [-0.05, 0) is 24.3 Å². The summed E-state index contributed by atoms with van der Waals surface area (Å²) in [6.45, 7) is 3.74. The first-order valence-corrected chi connectivity index (χ1v) is 10.3. The van der Waals surface area contributed by atoms with Crippen molar-refractivity contribution in [2.24, 2.45) is 0 Å². The van der Waals surface area contributed by atoms with Gasteiger partial charge in [-0.2, -0.15) is 0 Å². The SMILES string of the molecule is COc1cc(OC)cc(C(=O)N2CCN(CCc3nnc(-c4ccccc4)o3)CC2)c1. The van der Waals surface area contributed by atoms with Crippen molar-refractivity contribution in [2.75, 3.05) is 46.9 Å². The van der Waals surface area contributed by atoms with Crippen LogP contribution in [0.1, 0.15) is 16.2 Å². The second-order valence-electron chi connectivity index (χ2n) is 7.35. The van der Waals surface area contributed by atoms with Crippen LogP contribution in [0.15, 0.2) is 52.9 Å². The van der Waals surface area contributed by atoms with Crippen molar-refractivity contribution < 1.29 is 18.7 Å². The molecule has 162 valence electrons. The van der Waals surface area contributed by atoms with Gasteiger partial charge in [0, 0.05) is 56.3 Å². The summed E-state index contributed by atoms with van der Waals surface area (Å²) in [5.41, 5.74) is 1.49. The van der Waals surface area contributed by atoms with Gasteiger partial charge in [-0.3, -0.25) is 9.69 Å². The van der Waals surface area contributed by atoms with Crippen molar-refractivity contribution >= 4 is 5.91 Å². The van der Waals surface area contributed by atoms with E-state index in [2.05, 4.69) is 15.1 Å². The van der Waals surface area contributed by atoms with Crippen molar-refractivity contribution in [3.63, 3.8) is 0 Å². The van der Waals surface area contributed by atoms with Crippen molar-refractivity contribution in [3.05, 3.63) is 60.0 Å². The van der Waals surface area contributed by atoms with Crippen LogP contribution in [0.2, 0.25) is 0 Å². The Kier molecular flexibility index (Phi) is 6.47. The zero-order chi connectivity index (χ0) is 21.6. The molecule has 1 saturated heterocycles. The van der Waals surface area contributed by atoms with Gasteiger partial charge in [-0.1, -0.05) is 18.2 Å². The molecule has 0 atom stereocenters. The molecule has 2 aromatic carbocycles. The molecule has 1 amide bonds. The summed E-state index contributed by atoms with van der Waals surface area (Å²) in [6.07, 6.45) is 0.681. The molecule has 1 fully saturated rings. The van der Waals surface area contributed by atoms with Gasteiger partial charge in [0.05, 0.1) is 14.2 Å². The van der Waals surface area contributed by atoms with E-state index in [1.165, 1.54) is 0 Å². The summed E-state index contributed by atoms with van der Waals surface area (Å²) in [7, 11) is 3.15. The van der Waals surface area contributed by atoms with Crippen molar-refractivity contribution in [1.29, 1.82) is 0 Å². The number of nitrogens with zero attached hydrogens (tertiary/aromatic N) is 4. The highest BCUT2D eigenvalue weighted by Crippen LogP contribution is 2.24. The van der Waals surface area contributed by atoms with Crippen LogP contribution < -0.4 is 9.47 Å². The van der Waals surface area contributed by atoms with Crippen LogP contribution >= 0.6 is 0 Å². The highest BCUT2D eigenvalue weighted by Gasteiger charge is 2.23. The molecule has 1 aromatic heterocycles. The van der Waals surface area contributed by atoms with E-state index in [1.807, 2.05) is 35.2 Å². The molecule has 2 heterocycles. The third-order valence-electron chi connectivity index (χ3n) is 5.39. The highest BCUT2D eigenvalue weighted by atomic mass is 16.5. The zero-order valence-electron chi connectivity index (χ0n) is 17.8. The normalized spacial score (nSPS) is 14.5. The Labute approximate surface area is 181 Å². The predicted molar refractivity (Wildman–Crippen MR) is 115 cm³/mol. The predicted octanol–water partition coefficient (Wildman–Crippen LogP) is 2.75. The Morgan fingerprint density at radius 1 is 0.968 bits per heavy atom. The molecule has 8 heteroatoms. The number of hydrogen-bond acceptors (Lipinski definition) is 7. The van der Waals surface area contributed by atoms with E-state index in [4.69, 9.17) is 13.9 Å². The average Bonchev–Trinajstić information content (AvgIpc) is 3.32. The number of piperazine rings is 1. The second kappa shape index (κ2) is 9.61. The Hall–Kier alpha value is -3.39. The van der Waals surface area contributed by atoms with E-state index in [0.29, 0.717) is 48.4 Å². The Bertz CT molecular complexity index is 991.